The van der Waals surface area contributed by atoms with E-state index in [0.717, 1.165) is 5.56 Å². The number of hydrogen-bond donors (Lipinski definition) is 1. The average Bonchev–Trinajstić information content (AvgIpc) is 3.12. The van der Waals surface area contributed by atoms with Crippen molar-refractivity contribution in [1.82, 2.24) is 4.90 Å². The molecule has 2 unspecified atom stereocenters. The smallest absolute Gasteiger partial charge is 0.237 e. The monoisotopic (exact) mass is 283 g/mol. The number of benzene rings is 1. The van der Waals surface area contributed by atoms with Crippen LogP contribution < -0.4 is 5.43 Å². The fourth-order valence-corrected chi connectivity index (χ4v) is 2.45. The van der Waals surface area contributed by atoms with Gasteiger partial charge in [-0.2, -0.15) is 15.6 Å². The van der Waals surface area contributed by atoms with Crippen molar-refractivity contribution in [3.8, 4) is 12.1 Å². The molecule has 2 aliphatic rings. The summed E-state index contributed by atoms with van der Waals surface area (Å²) in [6.07, 6.45) is 0.0128. The molecular formula is C14H13N5O2. The Morgan fingerprint density at radius 3 is 2.71 bits per heavy atom. The second-order valence-electron chi connectivity index (χ2n) is 4.79. The van der Waals surface area contributed by atoms with Crippen LogP contribution in [0.15, 0.2) is 29.4 Å². The topological polar surface area (TPSA) is 93.7 Å². The van der Waals surface area contributed by atoms with Crippen LogP contribution in [0.4, 0.5) is 5.69 Å². The Balaban J connectivity index is 1.69. The molecule has 2 fully saturated rings. The van der Waals surface area contributed by atoms with Gasteiger partial charge in [-0.05, 0) is 17.7 Å². The van der Waals surface area contributed by atoms with Crippen LogP contribution in [0.2, 0.25) is 0 Å². The van der Waals surface area contributed by atoms with Crippen LogP contribution >= 0.6 is 0 Å². The molecule has 1 aromatic carbocycles. The molecule has 0 bridgehead atoms. The number of hydrazone groups is 1. The minimum absolute atomic E-state index is 0.0128. The lowest BCUT2D eigenvalue weighted by Gasteiger charge is -2.16. The Morgan fingerprint density at radius 1 is 1.24 bits per heavy atom. The highest BCUT2D eigenvalue weighted by molar-refractivity contribution is 6.10. The van der Waals surface area contributed by atoms with Crippen molar-refractivity contribution in [2.75, 3.05) is 25.5 Å². The summed E-state index contributed by atoms with van der Waals surface area (Å²) in [7, 11) is 0. The summed E-state index contributed by atoms with van der Waals surface area (Å²) < 4.78 is 11.2. The number of nitriles is 2. The van der Waals surface area contributed by atoms with Gasteiger partial charge in [-0.1, -0.05) is 12.1 Å². The van der Waals surface area contributed by atoms with Gasteiger partial charge in [0, 0.05) is 0 Å². The zero-order valence-electron chi connectivity index (χ0n) is 11.2. The molecule has 2 aliphatic heterocycles. The second-order valence-corrected chi connectivity index (χ2v) is 4.79. The first-order valence-corrected chi connectivity index (χ1v) is 6.49. The highest BCUT2D eigenvalue weighted by Gasteiger charge is 2.39. The Bertz CT molecular complexity index is 612. The van der Waals surface area contributed by atoms with Crippen molar-refractivity contribution in [3.05, 3.63) is 29.8 Å². The molecule has 2 atom stereocenters. The number of anilines is 1. The molecule has 7 heteroatoms. The molecule has 2 heterocycles. The molecule has 0 aromatic heterocycles. The fourth-order valence-electron chi connectivity index (χ4n) is 2.45. The minimum atomic E-state index is -0.211. The van der Waals surface area contributed by atoms with Crippen LogP contribution in [0.25, 0.3) is 0 Å². The zero-order chi connectivity index (χ0) is 14.7. The molecule has 0 aliphatic carbocycles. The van der Waals surface area contributed by atoms with Crippen molar-refractivity contribution in [2.24, 2.45) is 5.10 Å². The summed E-state index contributed by atoms with van der Waals surface area (Å²) in [5.41, 5.74) is 4.25. The predicted molar refractivity (Wildman–Crippen MR) is 73.9 cm³/mol. The Labute approximate surface area is 122 Å². The quantitative estimate of drug-likeness (QED) is 0.661. The first kappa shape index (κ1) is 13.5. The maximum absolute atomic E-state index is 8.60. The maximum Gasteiger partial charge on any atom is 0.237 e. The predicted octanol–water partition coefficient (Wildman–Crippen LogP) is 1.19. The number of ether oxygens (including phenoxy) is 2. The Morgan fingerprint density at radius 2 is 2.00 bits per heavy atom. The van der Waals surface area contributed by atoms with E-state index >= 15 is 0 Å². The third kappa shape index (κ3) is 2.71. The molecule has 0 saturated carbocycles. The van der Waals surface area contributed by atoms with Crippen molar-refractivity contribution >= 4 is 11.4 Å². The second kappa shape index (κ2) is 5.90. The van der Waals surface area contributed by atoms with E-state index in [9.17, 15) is 0 Å². The van der Waals surface area contributed by atoms with E-state index < -0.39 is 0 Å². The summed E-state index contributed by atoms with van der Waals surface area (Å²) in [5.74, 6) is 0. The van der Waals surface area contributed by atoms with Gasteiger partial charge in [0.15, 0.2) is 0 Å². The summed E-state index contributed by atoms with van der Waals surface area (Å²) in [5, 5.41) is 20.9. The largest absolute Gasteiger partial charge is 0.364 e. The highest BCUT2D eigenvalue weighted by Crippen LogP contribution is 2.34. The van der Waals surface area contributed by atoms with Gasteiger partial charge in [0.2, 0.25) is 5.71 Å². The summed E-state index contributed by atoms with van der Waals surface area (Å²) in [6.45, 7) is 1.90. The van der Waals surface area contributed by atoms with Crippen LogP contribution in [0.1, 0.15) is 11.7 Å². The summed E-state index contributed by atoms with van der Waals surface area (Å²) in [4.78, 5) is 2.16. The lowest BCUT2D eigenvalue weighted by molar-refractivity contribution is 0.0370. The van der Waals surface area contributed by atoms with Gasteiger partial charge in [-0.3, -0.25) is 5.43 Å². The third-order valence-corrected chi connectivity index (χ3v) is 3.53. The van der Waals surface area contributed by atoms with Crippen LogP contribution in [0.5, 0.6) is 0 Å². The molecule has 1 N–H and O–H groups in total. The van der Waals surface area contributed by atoms with E-state index in [1.165, 1.54) is 0 Å². The molecule has 7 nitrogen and oxygen atoms in total. The number of rotatable bonds is 3. The first-order valence-electron chi connectivity index (χ1n) is 6.49. The molecule has 1 aromatic rings. The van der Waals surface area contributed by atoms with Gasteiger partial charge in [0.1, 0.15) is 31.7 Å². The molecule has 3 rings (SSSR count). The number of nitrogens with zero attached hydrogens (tertiary/aromatic N) is 4. The molecule has 0 radical (unpaired) electrons. The van der Waals surface area contributed by atoms with E-state index in [0.29, 0.717) is 25.8 Å². The van der Waals surface area contributed by atoms with Crippen molar-refractivity contribution < 1.29 is 9.47 Å². The normalized spacial score (nSPS) is 23.9. The fraction of sp³-hybridized carbons (Fsp3) is 0.357. The molecule has 106 valence electrons. The van der Waals surface area contributed by atoms with Gasteiger partial charge in [-0.25, -0.2) is 4.90 Å². The SMILES string of the molecule is N#CC(C#N)=NNc1ccc(C2OCN3COCC23)cc1. The van der Waals surface area contributed by atoms with Gasteiger partial charge in [-0.15, -0.1) is 0 Å². The van der Waals surface area contributed by atoms with E-state index in [1.54, 1.807) is 12.1 Å². The van der Waals surface area contributed by atoms with Gasteiger partial charge in [0.25, 0.3) is 0 Å². The maximum atomic E-state index is 8.60. The Kier molecular flexibility index (Phi) is 3.80. The number of nitrogens with one attached hydrogen (secondary N) is 1. The molecule has 0 spiro atoms. The minimum Gasteiger partial charge on any atom is -0.364 e. The van der Waals surface area contributed by atoms with Crippen LogP contribution in [-0.4, -0.2) is 36.7 Å². The van der Waals surface area contributed by atoms with E-state index in [4.69, 9.17) is 20.0 Å². The number of hydrogen-bond acceptors (Lipinski definition) is 7. The standard InChI is InChI=1S/C14H13N5O2/c15-5-12(6-16)18-17-11-3-1-10(2-4-11)14-13-7-20-8-19(13)9-21-14/h1-4,13-14,17H,7-9H2. The van der Waals surface area contributed by atoms with Gasteiger partial charge in [0.05, 0.1) is 18.3 Å². The van der Waals surface area contributed by atoms with Crippen molar-refractivity contribution in [3.63, 3.8) is 0 Å². The van der Waals surface area contributed by atoms with E-state index in [1.807, 2.05) is 24.3 Å². The van der Waals surface area contributed by atoms with Crippen LogP contribution in [0.3, 0.4) is 0 Å². The average molecular weight is 283 g/mol. The lowest BCUT2D eigenvalue weighted by Crippen LogP contribution is -2.27. The Hall–Kier alpha value is -2.45. The van der Waals surface area contributed by atoms with E-state index in [2.05, 4.69) is 15.4 Å². The van der Waals surface area contributed by atoms with E-state index in [-0.39, 0.29) is 17.9 Å². The summed E-state index contributed by atoms with van der Waals surface area (Å²) in [6, 6.07) is 11.2. The first-order chi connectivity index (χ1) is 10.3. The summed E-state index contributed by atoms with van der Waals surface area (Å²) >= 11 is 0. The lowest BCUT2D eigenvalue weighted by atomic mass is 10.0. The molecule has 2 saturated heterocycles. The molecule has 21 heavy (non-hydrogen) atoms. The number of fused-ring (bicyclic) bond motifs is 1. The zero-order valence-corrected chi connectivity index (χ0v) is 11.2. The molecular weight excluding hydrogens is 270 g/mol. The van der Waals surface area contributed by atoms with Gasteiger partial charge >= 0.3 is 0 Å². The van der Waals surface area contributed by atoms with Crippen LogP contribution in [-0.2, 0) is 9.47 Å². The van der Waals surface area contributed by atoms with Crippen LogP contribution in [0, 0.1) is 22.7 Å². The highest BCUT2D eigenvalue weighted by atomic mass is 16.6. The van der Waals surface area contributed by atoms with Crippen molar-refractivity contribution in [2.45, 2.75) is 12.1 Å². The third-order valence-electron chi connectivity index (χ3n) is 3.53. The van der Waals surface area contributed by atoms with Gasteiger partial charge < -0.3 is 9.47 Å². The van der Waals surface area contributed by atoms with Crippen molar-refractivity contribution in [1.29, 1.82) is 10.5 Å². The molecule has 0 amide bonds.